The van der Waals surface area contributed by atoms with E-state index >= 15 is 0 Å². The van der Waals surface area contributed by atoms with Gasteiger partial charge < -0.3 is 10.6 Å². The number of nitrogens with zero attached hydrogens (tertiary/aromatic N) is 1. The van der Waals surface area contributed by atoms with Crippen LogP contribution in [0, 0.1) is 5.92 Å². The fourth-order valence-corrected chi connectivity index (χ4v) is 4.17. The van der Waals surface area contributed by atoms with E-state index in [9.17, 15) is 16.8 Å². The van der Waals surface area contributed by atoms with Crippen LogP contribution in [0.4, 0.5) is 5.69 Å². The first kappa shape index (κ1) is 16.3. The Hall–Kier alpha value is -1.12. The minimum atomic E-state index is -3.52. The Labute approximate surface area is 125 Å². The number of anilines is 1. The van der Waals surface area contributed by atoms with Crippen molar-refractivity contribution >= 4 is 25.4 Å². The van der Waals surface area contributed by atoms with E-state index in [4.69, 9.17) is 5.73 Å². The minimum absolute atomic E-state index is 0.0150. The predicted molar refractivity (Wildman–Crippen MR) is 82.0 cm³/mol. The standard InChI is InChI=1S/C13H20N2O4S2/c1-20(16,17)11-3-4-12(13(7-11)21(2,18)19)15-6-5-10(8-14)9-15/h3-4,7,10H,5-6,8-9,14H2,1-2H3. The van der Waals surface area contributed by atoms with E-state index in [1.807, 2.05) is 4.90 Å². The van der Waals surface area contributed by atoms with Crippen LogP contribution in [0.2, 0.25) is 0 Å². The molecule has 0 aliphatic carbocycles. The van der Waals surface area contributed by atoms with Crippen LogP contribution in [-0.2, 0) is 19.7 Å². The first-order valence-corrected chi connectivity index (χ1v) is 10.4. The summed E-state index contributed by atoms with van der Waals surface area (Å²) in [5, 5.41) is 0. The summed E-state index contributed by atoms with van der Waals surface area (Å²) < 4.78 is 47.2. The van der Waals surface area contributed by atoms with Gasteiger partial charge in [-0.05, 0) is 37.1 Å². The second kappa shape index (κ2) is 5.58. The third-order valence-corrected chi connectivity index (χ3v) is 5.95. The van der Waals surface area contributed by atoms with E-state index in [2.05, 4.69) is 0 Å². The Balaban J connectivity index is 2.52. The largest absolute Gasteiger partial charge is 0.370 e. The van der Waals surface area contributed by atoms with Gasteiger partial charge in [-0.25, -0.2) is 16.8 Å². The van der Waals surface area contributed by atoms with Gasteiger partial charge in [-0.3, -0.25) is 0 Å². The average Bonchev–Trinajstić information content (AvgIpc) is 2.84. The van der Waals surface area contributed by atoms with Crippen LogP contribution in [0.25, 0.3) is 0 Å². The van der Waals surface area contributed by atoms with Crippen LogP contribution >= 0.6 is 0 Å². The normalized spacial score (nSPS) is 20.0. The second-order valence-corrected chi connectivity index (χ2v) is 9.51. The molecule has 6 nitrogen and oxygen atoms in total. The third kappa shape index (κ3) is 3.56. The number of rotatable bonds is 4. The molecule has 1 saturated heterocycles. The molecule has 21 heavy (non-hydrogen) atoms. The van der Waals surface area contributed by atoms with E-state index in [0.717, 1.165) is 25.5 Å². The van der Waals surface area contributed by atoms with Crippen molar-refractivity contribution in [1.29, 1.82) is 0 Å². The summed E-state index contributed by atoms with van der Waals surface area (Å²) in [6, 6.07) is 4.27. The Kier molecular flexibility index (Phi) is 4.32. The summed E-state index contributed by atoms with van der Waals surface area (Å²) in [4.78, 5) is 2.03. The Bertz CT molecular complexity index is 741. The maximum absolute atomic E-state index is 12.0. The highest BCUT2D eigenvalue weighted by Crippen LogP contribution is 2.31. The van der Waals surface area contributed by atoms with Crippen LogP contribution in [-0.4, -0.2) is 49.0 Å². The Morgan fingerprint density at radius 2 is 1.86 bits per heavy atom. The van der Waals surface area contributed by atoms with Gasteiger partial charge in [0.25, 0.3) is 0 Å². The van der Waals surface area contributed by atoms with E-state index in [1.54, 1.807) is 6.07 Å². The lowest BCUT2D eigenvalue weighted by molar-refractivity contribution is 0.597. The molecule has 0 amide bonds. The van der Waals surface area contributed by atoms with Crippen molar-refractivity contribution in [3.63, 3.8) is 0 Å². The van der Waals surface area contributed by atoms with Gasteiger partial charge >= 0.3 is 0 Å². The quantitative estimate of drug-likeness (QED) is 0.850. The van der Waals surface area contributed by atoms with Crippen molar-refractivity contribution in [2.75, 3.05) is 37.0 Å². The van der Waals surface area contributed by atoms with Crippen molar-refractivity contribution in [3.8, 4) is 0 Å². The zero-order valence-corrected chi connectivity index (χ0v) is 13.7. The highest BCUT2D eigenvalue weighted by molar-refractivity contribution is 7.91. The van der Waals surface area contributed by atoms with E-state index in [1.165, 1.54) is 12.1 Å². The molecule has 1 fully saturated rings. The summed E-state index contributed by atoms with van der Waals surface area (Å²) in [5.41, 5.74) is 6.21. The highest BCUT2D eigenvalue weighted by atomic mass is 32.2. The number of sulfone groups is 2. The second-order valence-electron chi connectivity index (χ2n) is 5.51. The maximum Gasteiger partial charge on any atom is 0.177 e. The lowest BCUT2D eigenvalue weighted by Gasteiger charge is -2.22. The van der Waals surface area contributed by atoms with Crippen molar-refractivity contribution in [2.45, 2.75) is 16.2 Å². The zero-order chi connectivity index (χ0) is 15.8. The molecule has 118 valence electrons. The lowest BCUT2D eigenvalue weighted by atomic mass is 10.1. The first-order chi connectivity index (χ1) is 9.63. The summed E-state index contributed by atoms with van der Waals surface area (Å²) in [7, 11) is -6.96. The summed E-state index contributed by atoms with van der Waals surface area (Å²) >= 11 is 0. The molecule has 1 aliphatic rings. The predicted octanol–water partition coefficient (Wildman–Crippen LogP) is 0.279. The summed E-state index contributed by atoms with van der Waals surface area (Å²) in [6.07, 6.45) is 3.07. The molecule has 0 saturated carbocycles. The van der Waals surface area contributed by atoms with Crippen LogP contribution in [0.15, 0.2) is 28.0 Å². The van der Waals surface area contributed by atoms with Gasteiger partial charge in [0.2, 0.25) is 0 Å². The molecule has 0 aromatic heterocycles. The Morgan fingerprint density at radius 3 is 2.33 bits per heavy atom. The maximum atomic E-state index is 12.0. The molecule has 1 atom stereocenters. The van der Waals surface area contributed by atoms with Crippen LogP contribution in [0.5, 0.6) is 0 Å². The SMILES string of the molecule is CS(=O)(=O)c1ccc(N2CCC(CN)C2)c(S(C)(=O)=O)c1. The Morgan fingerprint density at radius 1 is 1.19 bits per heavy atom. The number of benzene rings is 1. The molecule has 8 heteroatoms. The molecular formula is C13H20N2O4S2. The van der Waals surface area contributed by atoms with Crippen molar-refractivity contribution < 1.29 is 16.8 Å². The van der Waals surface area contributed by atoms with Crippen LogP contribution < -0.4 is 10.6 Å². The molecule has 1 aliphatic heterocycles. The average molecular weight is 332 g/mol. The van der Waals surface area contributed by atoms with E-state index in [-0.39, 0.29) is 9.79 Å². The first-order valence-electron chi connectivity index (χ1n) is 6.62. The monoisotopic (exact) mass is 332 g/mol. The number of hydrogen-bond acceptors (Lipinski definition) is 6. The molecule has 1 aromatic rings. The lowest BCUT2D eigenvalue weighted by Crippen LogP contribution is -2.24. The molecule has 1 heterocycles. The van der Waals surface area contributed by atoms with E-state index in [0.29, 0.717) is 24.7 Å². The summed E-state index contributed by atoms with van der Waals surface area (Å²) in [5.74, 6) is 0.340. The van der Waals surface area contributed by atoms with Crippen molar-refractivity contribution in [2.24, 2.45) is 11.7 Å². The van der Waals surface area contributed by atoms with Gasteiger partial charge in [0.05, 0.1) is 15.5 Å². The van der Waals surface area contributed by atoms with Gasteiger partial charge in [-0.2, -0.15) is 0 Å². The van der Waals surface area contributed by atoms with Crippen LogP contribution in [0.3, 0.4) is 0 Å². The third-order valence-electron chi connectivity index (χ3n) is 3.72. The molecule has 1 aromatic carbocycles. The highest BCUT2D eigenvalue weighted by Gasteiger charge is 2.26. The molecule has 2 N–H and O–H groups in total. The fourth-order valence-electron chi connectivity index (χ4n) is 2.53. The van der Waals surface area contributed by atoms with Gasteiger partial charge in [0, 0.05) is 25.6 Å². The minimum Gasteiger partial charge on any atom is -0.370 e. The smallest absolute Gasteiger partial charge is 0.177 e. The van der Waals surface area contributed by atoms with Gasteiger partial charge in [-0.1, -0.05) is 0 Å². The molecular weight excluding hydrogens is 312 g/mol. The molecule has 0 radical (unpaired) electrons. The number of nitrogens with two attached hydrogens (primary N) is 1. The molecule has 2 rings (SSSR count). The van der Waals surface area contributed by atoms with E-state index < -0.39 is 19.7 Å². The molecule has 0 bridgehead atoms. The topological polar surface area (TPSA) is 97.5 Å². The van der Waals surface area contributed by atoms with Crippen LogP contribution in [0.1, 0.15) is 6.42 Å². The van der Waals surface area contributed by atoms with Gasteiger partial charge in [0.15, 0.2) is 19.7 Å². The molecule has 0 spiro atoms. The van der Waals surface area contributed by atoms with Gasteiger partial charge in [0.1, 0.15) is 0 Å². The van der Waals surface area contributed by atoms with Crippen molar-refractivity contribution in [3.05, 3.63) is 18.2 Å². The van der Waals surface area contributed by atoms with Crippen molar-refractivity contribution in [1.82, 2.24) is 0 Å². The zero-order valence-electron chi connectivity index (χ0n) is 12.1. The van der Waals surface area contributed by atoms with Gasteiger partial charge in [-0.15, -0.1) is 0 Å². The number of hydrogen-bond donors (Lipinski definition) is 1. The summed E-state index contributed by atoms with van der Waals surface area (Å²) in [6.45, 7) is 1.98. The fraction of sp³-hybridized carbons (Fsp3) is 0.538. The molecule has 1 unspecified atom stereocenters.